The van der Waals surface area contributed by atoms with E-state index in [0.29, 0.717) is 35.2 Å². The Hall–Kier alpha value is -5.77. The molecule has 0 bridgehead atoms. The fraction of sp³-hybridized carbons (Fsp3) is 0.222. The van der Waals surface area contributed by atoms with Crippen LogP contribution in [0.25, 0.3) is 76.9 Å². The summed E-state index contributed by atoms with van der Waals surface area (Å²) >= 11 is 0. The molecule has 0 radical (unpaired) electrons. The number of aromatic nitrogens is 4. The van der Waals surface area contributed by atoms with Crippen LogP contribution in [0.4, 0.5) is 0 Å². The maximum Gasteiger partial charge on any atom is 2.00 e. The Morgan fingerprint density at radius 2 is 0.983 bits per heavy atom. The van der Waals surface area contributed by atoms with Gasteiger partial charge in [0.05, 0.1) is 11.3 Å². The molecule has 0 aliphatic carbocycles. The van der Waals surface area contributed by atoms with Crippen molar-refractivity contribution in [1.82, 2.24) is 18.8 Å². The first-order chi connectivity index (χ1) is 28.6. The number of hydrogen-bond donors (Lipinski definition) is 0. The summed E-state index contributed by atoms with van der Waals surface area (Å²) in [7, 11) is 0. The van der Waals surface area contributed by atoms with E-state index in [2.05, 4.69) is 167 Å². The molecule has 0 atom stereocenters. The minimum Gasteiger partial charge on any atom is -0.497 e. The van der Waals surface area contributed by atoms with Gasteiger partial charge in [-0.2, -0.15) is 0 Å². The minimum atomic E-state index is 0. The maximum absolute atomic E-state index is 6.65. The van der Waals surface area contributed by atoms with Gasteiger partial charge in [-0.15, -0.1) is 12.1 Å². The van der Waals surface area contributed by atoms with Crippen LogP contribution in [0.5, 0.6) is 11.5 Å². The van der Waals surface area contributed by atoms with Crippen LogP contribution in [0.15, 0.2) is 122 Å². The molecule has 60 heavy (non-hydrogen) atoms. The Morgan fingerprint density at radius 1 is 0.500 bits per heavy atom. The van der Waals surface area contributed by atoms with Crippen LogP contribution < -0.4 is 4.74 Å². The maximum atomic E-state index is 6.65. The van der Waals surface area contributed by atoms with Crippen LogP contribution in [0.3, 0.4) is 0 Å². The van der Waals surface area contributed by atoms with Gasteiger partial charge in [-0.3, -0.25) is 9.97 Å². The fourth-order valence-corrected chi connectivity index (χ4v) is 9.43. The average Bonchev–Trinajstić information content (AvgIpc) is 3.95. The van der Waals surface area contributed by atoms with Gasteiger partial charge in [-0.25, -0.2) is 0 Å². The second-order valence-corrected chi connectivity index (χ2v) is 17.2. The van der Waals surface area contributed by atoms with E-state index in [1.807, 2.05) is 30.7 Å². The van der Waals surface area contributed by atoms with Crippen LogP contribution in [0, 0.1) is 12.1 Å². The summed E-state index contributed by atoms with van der Waals surface area (Å²) in [6, 6.07) is 42.7. The van der Waals surface area contributed by atoms with Crippen molar-refractivity contribution in [1.29, 1.82) is 0 Å². The van der Waals surface area contributed by atoms with Crippen molar-refractivity contribution in [2.75, 3.05) is 0 Å². The third-order valence-corrected chi connectivity index (χ3v) is 12.2. The first-order valence-electron chi connectivity index (χ1n) is 21.0. The zero-order chi connectivity index (χ0) is 40.7. The molecule has 5 nitrogen and oxygen atoms in total. The van der Waals surface area contributed by atoms with Gasteiger partial charge in [0.25, 0.3) is 0 Å². The summed E-state index contributed by atoms with van der Waals surface area (Å²) in [5.41, 5.74) is 14.5. The summed E-state index contributed by atoms with van der Waals surface area (Å²) in [6.07, 6.45) is 7.84. The number of pyridine rings is 2. The van der Waals surface area contributed by atoms with Crippen molar-refractivity contribution in [3.63, 3.8) is 0 Å². The van der Waals surface area contributed by atoms with Gasteiger partial charge in [0.1, 0.15) is 0 Å². The number of benzene rings is 6. The fourth-order valence-electron chi connectivity index (χ4n) is 9.43. The molecule has 6 aromatic carbocycles. The van der Waals surface area contributed by atoms with Crippen molar-refractivity contribution in [2.45, 2.75) is 79.1 Å². The largest absolute Gasteiger partial charge is 2.00 e. The number of imidazole rings is 2. The van der Waals surface area contributed by atoms with Gasteiger partial charge >= 0.3 is 21.1 Å². The minimum absolute atomic E-state index is 0. The summed E-state index contributed by atoms with van der Waals surface area (Å²) < 4.78 is 11.0. The van der Waals surface area contributed by atoms with E-state index >= 15 is 0 Å². The molecule has 0 unspecified atom stereocenters. The van der Waals surface area contributed by atoms with Gasteiger partial charge in [-0.1, -0.05) is 162 Å². The van der Waals surface area contributed by atoms with E-state index in [4.69, 9.17) is 14.7 Å². The Balaban J connectivity index is 0.00000462. The third-order valence-electron chi connectivity index (χ3n) is 12.2. The zero-order valence-electron chi connectivity index (χ0n) is 35.4. The quantitative estimate of drug-likeness (QED) is 0.113. The predicted molar refractivity (Wildman–Crippen MR) is 245 cm³/mol. The normalized spacial score (nSPS) is 12.1. The molecule has 0 amide bonds. The molecule has 0 fully saturated rings. The molecular weight excluding hydrogens is 916 g/mol. The van der Waals surface area contributed by atoms with Crippen LogP contribution in [-0.2, 0) is 21.1 Å². The molecular formula is C54H48N4OPt. The van der Waals surface area contributed by atoms with Crippen molar-refractivity contribution in [3.8, 4) is 33.8 Å². The Morgan fingerprint density at radius 3 is 1.55 bits per heavy atom. The van der Waals surface area contributed by atoms with Gasteiger partial charge in [0, 0.05) is 47.3 Å². The monoisotopic (exact) mass is 963 g/mol. The second kappa shape index (κ2) is 15.4. The van der Waals surface area contributed by atoms with E-state index in [9.17, 15) is 0 Å². The van der Waals surface area contributed by atoms with Gasteiger partial charge in [0.15, 0.2) is 0 Å². The van der Waals surface area contributed by atoms with E-state index in [-0.39, 0.29) is 21.1 Å². The SMILES string of the molecule is CC(C)c1cccc(C(C)C)c1-c1ccc2c3ccc(Oc4[c-]c5c(cc4)c4c(-c6c(C(C)C)cccc6C(C)C)cccc4n4ccnc54)[c-]c3c3nccn3c2c1.[Pt+2]. The third kappa shape index (κ3) is 6.32. The van der Waals surface area contributed by atoms with E-state index in [0.717, 1.165) is 49.3 Å². The van der Waals surface area contributed by atoms with Gasteiger partial charge in [-0.05, 0) is 91.1 Å². The molecule has 0 saturated carbocycles. The summed E-state index contributed by atoms with van der Waals surface area (Å²) in [5, 5.41) is 6.34. The first kappa shape index (κ1) is 39.7. The van der Waals surface area contributed by atoms with Crippen molar-refractivity contribution in [2.24, 2.45) is 0 Å². The second-order valence-electron chi connectivity index (χ2n) is 17.2. The Labute approximate surface area is 366 Å². The predicted octanol–water partition coefficient (Wildman–Crippen LogP) is 14.8. The summed E-state index contributed by atoms with van der Waals surface area (Å²) in [4.78, 5) is 9.71. The molecule has 10 rings (SSSR count). The molecule has 300 valence electrons. The number of hydrogen-bond acceptors (Lipinski definition) is 3. The number of nitrogens with zero attached hydrogens (tertiary/aromatic N) is 4. The van der Waals surface area contributed by atoms with Crippen molar-refractivity contribution >= 4 is 54.6 Å². The van der Waals surface area contributed by atoms with Crippen LogP contribution in [-0.4, -0.2) is 18.8 Å². The molecule has 10 aromatic rings. The number of fused-ring (bicyclic) bond motifs is 12. The molecule has 0 saturated heterocycles. The Kier molecular flexibility index (Phi) is 10.2. The molecule has 0 N–H and O–H groups in total. The molecule has 0 aliphatic rings. The van der Waals surface area contributed by atoms with Crippen LogP contribution in [0.2, 0.25) is 0 Å². The topological polar surface area (TPSA) is 43.8 Å². The van der Waals surface area contributed by atoms with Crippen molar-refractivity contribution < 1.29 is 25.8 Å². The van der Waals surface area contributed by atoms with E-state index < -0.39 is 0 Å². The molecule has 4 aromatic heterocycles. The smallest absolute Gasteiger partial charge is 0.497 e. The van der Waals surface area contributed by atoms with E-state index in [1.54, 1.807) is 0 Å². The first-order valence-corrected chi connectivity index (χ1v) is 21.0. The van der Waals surface area contributed by atoms with Crippen molar-refractivity contribution in [3.05, 3.63) is 156 Å². The summed E-state index contributed by atoms with van der Waals surface area (Å²) in [5.74, 6) is 2.77. The zero-order valence-corrected chi connectivity index (χ0v) is 37.6. The molecule has 0 aliphatic heterocycles. The molecule has 0 spiro atoms. The van der Waals surface area contributed by atoms with Gasteiger partial charge in [0.2, 0.25) is 0 Å². The van der Waals surface area contributed by atoms with Crippen LogP contribution in [0.1, 0.15) is 101 Å². The van der Waals surface area contributed by atoms with Crippen LogP contribution >= 0.6 is 0 Å². The number of ether oxygens (including phenoxy) is 1. The Bertz CT molecular complexity index is 3220. The summed E-state index contributed by atoms with van der Waals surface area (Å²) in [6.45, 7) is 18.3. The van der Waals surface area contributed by atoms with Gasteiger partial charge < -0.3 is 13.5 Å². The molecule has 4 heterocycles. The number of rotatable bonds is 8. The average molecular weight is 964 g/mol. The van der Waals surface area contributed by atoms with E-state index in [1.165, 1.54) is 49.9 Å². The standard InChI is InChI=1S/C54H48N4O.Pt/c1-31(2)38-12-9-13-39(32(3)4)50(38)35-18-21-43-42-22-19-36(29-46(42)53-55-25-27-58(53)49(43)28-35)59-37-20-23-44-47(30-37)54-56-24-26-57(54)48-17-11-16-45(52(44)48)51-40(33(5)6)14-10-15-41(51)34(7)8;/h9-28,31-34H,1-8H3;/q-2;+2. The molecule has 6 heteroatoms.